The van der Waals surface area contributed by atoms with Crippen LogP contribution in [0.5, 0.6) is 0 Å². The summed E-state index contributed by atoms with van der Waals surface area (Å²) in [4.78, 5) is 41.7. The molecule has 0 radical (unpaired) electrons. The van der Waals surface area contributed by atoms with Crippen molar-refractivity contribution in [3.63, 3.8) is 0 Å². The van der Waals surface area contributed by atoms with Gasteiger partial charge in [0.25, 0.3) is 11.5 Å². The maximum Gasteiger partial charge on any atom is 0.279 e. The molecule has 0 saturated heterocycles. The molecule has 3 N–H and O–H groups in total. The first kappa shape index (κ1) is 19.7. The maximum absolute atomic E-state index is 12.4. The molecule has 0 aliphatic rings. The van der Waals surface area contributed by atoms with E-state index >= 15 is 0 Å². The molecule has 1 aromatic carbocycles. The van der Waals surface area contributed by atoms with Crippen LogP contribution in [0.15, 0.2) is 46.7 Å². The molecule has 0 bridgehead atoms. The maximum atomic E-state index is 12.4. The van der Waals surface area contributed by atoms with E-state index in [-0.39, 0.29) is 23.9 Å². The third kappa shape index (κ3) is 5.02. The summed E-state index contributed by atoms with van der Waals surface area (Å²) < 4.78 is 1.51. The Morgan fingerprint density at radius 3 is 2.50 bits per heavy atom. The Bertz CT molecular complexity index is 1040. The van der Waals surface area contributed by atoms with Crippen LogP contribution in [0.1, 0.15) is 19.5 Å². The second-order valence-corrected chi connectivity index (χ2v) is 7.28. The highest BCUT2D eigenvalue weighted by molar-refractivity contribution is 7.15. The molecule has 0 fully saturated rings. The fraction of sp³-hybridized carbons (Fsp3) is 0.263. The Balaban J connectivity index is 1.61. The predicted molar refractivity (Wildman–Crippen MR) is 109 cm³/mol. The van der Waals surface area contributed by atoms with E-state index in [1.54, 1.807) is 30.5 Å². The van der Waals surface area contributed by atoms with Crippen molar-refractivity contribution in [2.24, 2.45) is 0 Å². The number of anilines is 2. The first-order valence-corrected chi connectivity index (χ1v) is 9.79. The lowest BCUT2D eigenvalue weighted by Crippen LogP contribution is -3.11. The van der Waals surface area contributed by atoms with E-state index in [0.717, 1.165) is 11.4 Å². The number of thiazole rings is 1. The van der Waals surface area contributed by atoms with E-state index < -0.39 is 0 Å². The van der Waals surface area contributed by atoms with Crippen LogP contribution in [-0.2, 0) is 16.1 Å². The van der Waals surface area contributed by atoms with Crippen molar-refractivity contribution in [3.05, 3.63) is 58.0 Å². The van der Waals surface area contributed by atoms with Crippen molar-refractivity contribution in [1.29, 1.82) is 0 Å². The van der Waals surface area contributed by atoms with Gasteiger partial charge in [0.2, 0.25) is 5.91 Å². The van der Waals surface area contributed by atoms with Crippen molar-refractivity contribution >= 4 is 39.5 Å². The number of carbonyl (C=O) groups is 2. The van der Waals surface area contributed by atoms with Gasteiger partial charge in [0, 0.05) is 35.9 Å². The number of quaternary nitrogens is 1. The summed E-state index contributed by atoms with van der Waals surface area (Å²) in [6.07, 6.45) is 1.70. The van der Waals surface area contributed by atoms with Gasteiger partial charge in [-0.2, -0.15) is 0 Å². The third-order valence-corrected chi connectivity index (χ3v) is 4.94. The zero-order chi connectivity index (χ0) is 20.1. The van der Waals surface area contributed by atoms with Crippen LogP contribution >= 0.6 is 11.3 Å². The molecule has 0 spiro atoms. The molecule has 2 aromatic heterocycles. The van der Waals surface area contributed by atoms with E-state index in [4.69, 9.17) is 0 Å². The fourth-order valence-corrected chi connectivity index (χ4v) is 3.56. The van der Waals surface area contributed by atoms with Gasteiger partial charge in [-0.05, 0) is 31.2 Å². The Morgan fingerprint density at radius 1 is 1.18 bits per heavy atom. The minimum Gasteiger partial charge on any atom is -0.326 e. The molecular formula is C19H22N5O3S+. The lowest BCUT2D eigenvalue weighted by atomic mass is 10.2. The molecule has 1 atom stereocenters. The van der Waals surface area contributed by atoms with Crippen LogP contribution in [0.3, 0.4) is 0 Å². The van der Waals surface area contributed by atoms with Gasteiger partial charge in [0.05, 0.1) is 6.54 Å². The molecule has 9 heteroatoms. The van der Waals surface area contributed by atoms with Crippen molar-refractivity contribution < 1.29 is 14.5 Å². The standard InChI is InChI=1S/C19H21N5O3S/c1-3-23(11-16-10-18(27)24-8-9-28-19(24)22-16)12-17(26)21-15-6-4-14(5-7-15)20-13(2)25/h4-10H,3,11-12H2,1-2H3,(H,20,25)(H,21,26)/p+1. The molecule has 3 aromatic rings. The number of nitrogens with zero attached hydrogens (tertiary/aromatic N) is 2. The molecule has 2 amide bonds. The number of carbonyl (C=O) groups excluding carboxylic acids is 2. The molecule has 0 aliphatic carbocycles. The summed E-state index contributed by atoms with van der Waals surface area (Å²) >= 11 is 1.41. The first-order valence-electron chi connectivity index (χ1n) is 8.91. The van der Waals surface area contributed by atoms with Crippen molar-refractivity contribution in [3.8, 4) is 0 Å². The minimum atomic E-state index is -0.145. The number of hydrogen-bond acceptors (Lipinski definition) is 5. The normalized spacial score (nSPS) is 11.9. The number of benzene rings is 1. The number of nitrogens with one attached hydrogen (secondary N) is 3. The monoisotopic (exact) mass is 400 g/mol. The minimum absolute atomic E-state index is 0.111. The molecule has 1 unspecified atom stereocenters. The van der Waals surface area contributed by atoms with Crippen LogP contribution in [0.2, 0.25) is 0 Å². The van der Waals surface area contributed by atoms with Crippen molar-refractivity contribution in [2.45, 2.75) is 20.4 Å². The number of amides is 2. The Morgan fingerprint density at radius 2 is 1.86 bits per heavy atom. The molecular weight excluding hydrogens is 378 g/mol. The molecule has 2 heterocycles. The summed E-state index contributed by atoms with van der Waals surface area (Å²) in [6, 6.07) is 8.46. The van der Waals surface area contributed by atoms with E-state index in [1.807, 2.05) is 12.3 Å². The van der Waals surface area contributed by atoms with Gasteiger partial charge in [-0.1, -0.05) is 0 Å². The molecule has 0 aliphatic heterocycles. The van der Waals surface area contributed by atoms with Crippen LogP contribution in [-0.4, -0.2) is 34.3 Å². The number of fused-ring (bicyclic) bond motifs is 1. The largest absolute Gasteiger partial charge is 0.326 e. The van der Waals surface area contributed by atoms with Gasteiger partial charge in [0.1, 0.15) is 12.2 Å². The van der Waals surface area contributed by atoms with E-state index in [1.165, 1.54) is 28.7 Å². The highest BCUT2D eigenvalue weighted by atomic mass is 32.1. The zero-order valence-corrected chi connectivity index (χ0v) is 16.5. The smallest absolute Gasteiger partial charge is 0.279 e. The lowest BCUT2D eigenvalue weighted by molar-refractivity contribution is -0.904. The van der Waals surface area contributed by atoms with E-state index in [2.05, 4.69) is 15.6 Å². The second kappa shape index (κ2) is 8.77. The summed E-state index contributed by atoms with van der Waals surface area (Å²) in [7, 11) is 0. The predicted octanol–water partition coefficient (Wildman–Crippen LogP) is 0.758. The third-order valence-electron chi connectivity index (χ3n) is 4.19. The van der Waals surface area contributed by atoms with E-state index in [9.17, 15) is 14.4 Å². The molecule has 146 valence electrons. The zero-order valence-electron chi connectivity index (χ0n) is 15.7. The number of aromatic nitrogens is 2. The van der Waals surface area contributed by atoms with Crippen molar-refractivity contribution in [1.82, 2.24) is 9.38 Å². The number of hydrogen-bond donors (Lipinski definition) is 3. The topological polar surface area (TPSA) is 97.0 Å². The summed E-state index contributed by atoms with van der Waals surface area (Å²) in [5, 5.41) is 7.36. The summed E-state index contributed by atoms with van der Waals surface area (Å²) in [5.41, 5.74) is 1.90. The van der Waals surface area contributed by atoms with Gasteiger partial charge in [-0.15, -0.1) is 11.3 Å². The van der Waals surface area contributed by atoms with E-state index in [0.29, 0.717) is 28.6 Å². The van der Waals surface area contributed by atoms with Gasteiger partial charge in [-0.25, -0.2) is 4.98 Å². The quantitative estimate of drug-likeness (QED) is 0.545. The number of rotatable bonds is 7. The second-order valence-electron chi connectivity index (χ2n) is 6.41. The van der Waals surface area contributed by atoms with Crippen LogP contribution in [0.4, 0.5) is 11.4 Å². The fourth-order valence-electron chi connectivity index (χ4n) is 2.82. The highest BCUT2D eigenvalue weighted by Gasteiger charge is 2.15. The van der Waals surface area contributed by atoms with Crippen LogP contribution in [0, 0.1) is 0 Å². The van der Waals surface area contributed by atoms with Gasteiger partial charge < -0.3 is 15.5 Å². The SMILES string of the molecule is CC[NH+](CC(=O)Nc1ccc(NC(C)=O)cc1)Cc1cc(=O)n2ccsc2n1. The average molecular weight is 400 g/mol. The molecule has 8 nitrogen and oxygen atoms in total. The van der Waals surface area contributed by atoms with Gasteiger partial charge in [-0.3, -0.25) is 18.8 Å². The highest BCUT2D eigenvalue weighted by Crippen LogP contribution is 2.13. The molecule has 0 saturated carbocycles. The molecule has 3 rings (SSSR count). The lowest BCUT2D eigenvalue weighted by Gasteiger charge is -2.17. The van der Waals surface area contributed by atoms with Crippen LogP contribution < -0.4 is 21.1 Å². The van der Waals surface area contributed by atoms with Gasteiger partial charge >= 0.3 is 0 Å². The average Bonchev–Trinajstić information content (AvgIpc) is 3.11. The summed E-state index contributed by atoms with van der Waals surface area (Å²) in [5.74, 6) is -0.272. The Hall–Kier alpha value is -3.04. The Labute approximate surface area is 165 Å². The Kier molecular flexibility index (Phi) is 6.17. The van der Waals surface area contributed by atoms with Crippen LogP contribution in [0.25, 0.3) is 4.96 Å². The molecule has 28 heavy (non-hydrogen) atoms. The van der Waals surface area contributed by atoms with Crippen molar-refractivity contribution in [2.75, 3.05) is 23.7 Å². The van der Waals surface area contributed by atoms with Gasteiger partial charge in [0.15, 0.2) is 11.5 Å². The summed E-state index contributed by atoms with van der Waals surface area (Å²) in [6.45, 7) is 4.91. The first-order chi connectivity index (χ1) is 13.4. The number of likely N-dealkylation sites (N-methyl/N-ethyl adjacent to an activating group) is 1.